The molecule has 0 aromatic rings. The molecule has 3 heteroatoms. The minimum Gasteiger partial charge on any atom is -0.339 e. The van der Waals surface area contributed by atoms with Crippen LogP contribution in [0.25, 0.3) is 0 Å². The van der Waals surface area contributed by atoms with E-state index in [2.05, 4.69) is 44.8 Å². The standard InChI is InChI=1S/C16H32N2O/c1-6-15(7-2)18(11-12(3)4)16(19)14-8-9-17-13(5)10-14/h12-15,17H,6-11H2,1-5H3/t13-,14-/m0/s1. The molecular weight excluding hydrogens is 236 g/mol. The Kier molecular flexibility index (Phi) is 6.84. The number of piperidine rings is 1. The summed E-state index contributed by atoms with van der Waals surface area (Å²) in [5.41, 5.74) is 0. The third-order valence-electron chi connectivity index (χ3n) is 4.20. The van der Waals surface area contributed by atoms with Gasteiger partial charge in [-0.1, -0.05) is 27.7 Å². The van der Waals surface area contributed by atoms with Crippen molar-refractivity contribution in [3.8, 4) is 0 Å². The first-order valence-corrected chi connectivity index (χ1v) is 8.03. The molecule has 1 aliphatic rings. The maximum Gasteiger partial charge on any atom is 0.226 e. The van der Waals surface area contributed by atoms with Gasteiger partial charge in [-0.15, -0.1) is 0 Å². The molecule has 0 bridgehead atoms. The normalized spacial score (nSPS) is 23.9. The van der Waals surface area contributed by atoms with E-state index in [4.69, 9.17) is 0 Å². The fourth-order valence-electron chi connectivity index (χ4n) is 3.13. The molecule has 0 unspecified atom stereocenters. The van der Waals surface area contributed by atoms with Gasteiger partial charge in [-0.3, -0.25) is 4.79 Å². The van der Waals surface area contributed by atoms with E-state index < -0.39 is 0 Å². The van der Waals surface area contributed by atoms with Crippen molar-refractivity contribution in [1.29, 1.82) is 0 Å². The number of nitrogens with zero attached hydrogens (tertiary/aromatic N) is 1. The molecule has 0 aromatic carbocycles. The minimum atomic E-state index is 0.232. The zero-order chi connectivity index (χ0) is 14.4. The molecule has 1 aliphatic heterocycles. The van der Waals surface area contributed by atoms with Crippen LogP contribution in [-0.2, 0) is 4.79 Å². The van der Waals surface area contributed by atoms with Crippen LogP contribution in [0.1, 0.15) is 60.3 Å². The third kappa shape index (κ3) is 4.79. The Labute approximate surface area is 119 Å². The Morgan fingerprint density at radius 3 is 2.42 bits per heavy atom. The van der Waals surface area contributed by atoms with Gasteiger partial charge in [0, 0.05) is 24.5 Å². The molecule has 1 rings (SSSR count). The summed E-state index contributed by atoms with van der Waals surface area (Å²) in [5, 5.41) is 3.43. The summed E-state index contributed by atoms with van der Waals surface area (Å²) in [6.07, 6.45) is 4.12. The van der Waals surface area contributed by atoms with Gasteiger partial charge in [0.15, 0.2) is 0 Å². The summed E-state index contributed by atoms with van der Waals surface area (Å²) in [6, 6.07) is 0.894. The summed E-state index contributed by atoms with van der Waals surface area (Å²) < 4.78 is 0. The Balaban J connectivity index is 2.74. The van der Waals surface area contributed by atoms with E-state index >= 15 is 0 Å². The lowest BCUT2D eigenvalue weighted by atomic mass is 9.90. The maximum absolute atomic E-state index is 12.8. The van der Waals surface area contributed by atoms with E-state index in [0.717, 1.165) is 38.8 Å². The molecule has 0 aliphatic carbocycles. The quantitative estimate of drug-likeness (QED) is 0.803. The second-order valence-electron chi connectivity index (χ2n) is 6.43. The van der Waals surface area contributed by atoms with Gasteiger partial charge in [-0.05, 0) is 45.1 Å². The lowest BCUT2D eigenvalue weighted by Gasteiger charge is -2.37. The average molecular weight is 268 g/mol. The van der Waals surface area contributed by atoms with Crippen molar-refractivity contribution in [2.75, 3.05) is 13.1 Å². The first kappa shape index (κ1) is 16.5. The van der Waals surface area contributed by atoms with Crippen LogP contribution in [0.15, 0.2) is 0 Å². The van der Waals surface area contributed by atoms with Crippen molar-refractivity contribution >= 4 is 5.91 Å². The van der Waals surface area contributed by atoms with Gasteiger partial charge in [-0.25, -0.2) is 0 Å². The van der Waals surface area contributed by atoms with Gasteiger partial charge >= 0.3 is 0 Å². The van der Waals surface area contributed by atoms with Crippen molar-refractivity contribution in [2.45, 2.75) is 72.4 Å². The van der Waals surface area contributed by atoms with E-state index in [1.54, 1.807) is 0 Å². The fourth-order valence-corrected chi connectivity index (χ4v) is 3.13. The summed E-state index contributed by atoms with van der Waals surface area (Å²) in [6.45, 7) is 12.9. The van der Waals surface area contributed by atoms with E-state index in [9.17, 15) is 4.79 Å². The largest absolute Gasteiger partial charge is 0.339 e. The first-order valence-electron chi connectivity index (χ1n) is 8.03. The molecule has 0 radical (unpaired) electrons. The molecule has 1 N–H and O–H groups in total. The third-order valence-corrected chi connectivity index (χ3v) is 4.20. The van der Waals surface area contributed by atoms with Crippen molar-refractivity contribution in [3.05, 3.63) is 0 Å². The first-order chi connectivity index (χ1) is 8.99. The summed E-state index contributed by atoms with van der Waals surface area (Å²) in [7, 11) is 0. The average Bonchev–Trinajstić information content (AvgIpc) is 2.37. The van der Waals surface area contributed by atoms with E-state index in [0.29, 0.717) is 23.9 Å². The summed E-state index contributed by atoms with van der Waals surface area (Å²) >= 11 is 0. The van der Waals surface area contributed by atoms with Gasteiger partial charge < -0.3 is 10.2 Å². The number of nitrogens with one attached hydrogen (secondary N) is 1. The second-order valence-corrected chi connectivity index (χ2v) is 6.43. The van der Waals surface area contributed by atoms with Gasteiger partial charge in [0.25, 0.3) is 0 Å². The Bertz CT molecular complexity index is 274. The molecule has 1 saturated heterocycles. The molecule has 0 saturated carbocycles. The number of carbonyl (C=O) groups is 1. The molecule has 2 atom stereocenters. The lowest BCUT2D eigenvalue weighted by Crippen LogP contribution is -2.48. The fraction of sp³-hybridized carbons (Fsp3) is 0.938. The van der Waals surface area contributed by atoms with Crippen LogP contribution < -0.4 is 5.32 Å². The van der Waals surface area contributed by atoms with Crippen LogP contribution in [0.2, 0.25) is 0 Å². The van der Waals surface area contributed by atoms with Crippen LogP contribution in [-0.4, -0.2) is 36.0 Å². The maximum atomic E-state index is 12.8. The molecule has 1 heterocycles. The zero-order valence-corrected chi connectivity index (χ0v) is 13.4. The second kappa shape index (κ2) is 7.88. The molecule has 112 valence electrons. The highest BCUT2D eigenvalue weighted by Crippen LogP contribution is 2.22. The summed E-state index contributed by atoms with van der Waals surface area (Å²) in [4.78, 5) is 15.0. The zero-order valence-electron chi connectivity index (χ0n) is 13.4. The van der Waals surface area contributed by atoms with Crippen LogP contribution in [0.4, 0.5) is 0 Å². The molecule has 1 fully saturated rings. The Morgan fingerprint density at radius 1 is 1.32 bits per heavy atom. The van der Waals surface area contributed by atoms with Gasteiger partial charge in [0.05, 0.1) is 0 Å². The lowest BCUT2D eigenvalue weighted by molar-refractivity contribution is -0.140. The van der Waals surface area contributed by atoms with Crippen LogP contribution in [0.3, 0.4) is 0 Å². The highest BCUT2D eigenvalue weighted by atomic mass is 16.2. The topological polar surface area (TPSA) is 32.3 Å². The predicted molar refractivity (Wildman–Crippen MR) is 81.1 cm³/mol. The van der Waals surface area contributed by atoms with Crippen molar-refractivity contribution in [1.82, 2.24) is 10.2 Å². The van der Waals surface area contributed by atoms with Crippen molar-refractivity contribution in [3.63, 3.8) is 0 Å². The smallest absolute Gasteiger partial charge is 0.226 e. The van der Waals surface area contributed by atoms with Gasteiger partial charge in [-0.2, -0.15) is 0 Å². The minimum absolute atomic E-state index is 0.232. The van der Waals surface area contributed by atoms with E-state index in [1.807, 2.05) is 0 Å². The number of amides is 1. The van der Waals surface area contributed by atoms with E-state index in [-0.39, 0.29) is 5.92 Å². The molecular formula is C16H32N2O. The highest BCUT2D eigenvalue weighted by molar-refractivity contribution is 5.79. The summed E-state index contributed by atoms with van der Waals surface area (Å²) in [5.74, 6) is 1.18. The van der Waals surface area contributed by atoms with Crippen LogP contribution in [0.5, 0.6) is 0 Å². The Hall–Kier alpha value is -0.570. The Morgan fingerprint density at radius 2 is 1.95 bits per heavy atom. The van der Waals surface area contributed by atoms with Crippen molar-refractivity contribution in [2.24, 2.45) is 11.8 Å². The SMILES string of the molecule is CCC(CC)N(CC(C)C)C(=O)[C@H]1CCN[C@@H](C)C1. The number of rotatable bonds is 6. The predicted octanol–water partition coefficient (Wildman–Crippen LogP) is 3.05. The van der Waals surface area contributed by atoms with E-state index in [1.165, 1.54) is 0 Å². The van der Waals surface area contributed by atoms with Crippen LogP contribution in [0, 0.1) is 11.8 Å². The molecule has 1 amide bonds. The van der Waals surface area contributed by atoms with Crippen molar-refractivity contribution < 1.29 is 4.79 Å². The molecule has 19 heavy (non-hydrogen) atoms. The molecule has 0 spiro atoms. The van der Waals surface area contributed by atoms with Crippen LogP contribution >= 0.6 is 0 Å². The monoisotopic (exact) mass is 268 g/mol. The van der Waals surface area contributed by atoms with Gasteiger partial charge in [0.2, 0.25) is 5.91 Å². The number of hydrogen-bond acceptors (Lipinski definition) is 2. The molecule has 0 aromatic heterocycles. The number of carbonyl (C=O) groups excluding carboxylic acids is 1. The van der Waals surface area contributed by atoms with Gasteiger partial charge in [0.1, 0.15) is 0 Å². The molecule has 3 nitrogen and oxygen atoms in total. The number of hydrogen-bond donors (Lipinski definition) is 1. The highest BCUT2D eigenvalue weighted by Gasteiger charge is 2.31.